The van der Waals surface area contributed by atoms with E-state index in [4.69, 9.17) is 4.74 Å². The lowest BCUT2D eigenvalue weighted by atomic mass is 10.0. The predicted molar refractivity (Wildman–Crippen MR) is 255 cm³/mol. The Morgan fingerprint density at radius 2 is 0.797 bits per heavy atom. The van der Waals surface area contributed by atoms with Gasteiger partial charge in [0.25, 0.3) is 0 Å². The molecule has 0 aromatic carbocycles. The lowest BCUT2D eigenvalue weighted by molar-refractivity contribution is -0.143. The molecule has 0 heterocycles. The van der Waals surface area contributed by atoms with Crippen LogP contribution in [-0.4, -0.2) is 47.4 Å². The van der Waals surface area contributed by atoms with E-state index in [1.54, 1.807) is 6.08 Å². The van der Waals surface area contributed by atoms with Crippen LogP contribution in [0.4, 0.5) is 0 Å². The van der Waals surface area contributed by atoms with Crippen molar-refractivity contribution in [2.24, 2.45) is 0 Å². The molecule has 2 unspecified atom stereocenters. The van der Waals surface area contributed by atoms with Crippen molar-refractivity contribution in [2.45, 2.75) is 276 Å². The molecule has 0 saturated heterocycles. The van der Waals surface area contributed by atoms with E-state index in [9.17, 15) is 19.8 Å². The summed E-state index contributed by atoms with van der Waals surface area (Å²) in [5.74, 6) is -0.122. The highest BCUT2D eigenvalue weighted by Gasteiger charge is 2.18. The molecule has 0 fully saturated rings. The standard InChI is InChI=1S/C53H99NO5/c1-3-5-7-9-11-13-15-17-19-21-25-29-33-37-41-45-51(56)50(49-55)54-52(57)46-42-38-34-30-26-22-20-24-28-32-36-40-44-48-59-53(58)47-43-39-35-31-27-23-18-16-14-12-10-8-6-4-2/h16,18,22,26,41,45,50-51,55-56H,3-15,17,19-21,23-25,27-40,42-44,46-49H2,1-2H3,(H,54,57)/b18-16-,26-22-,45-41+. The number of unbranched alkanes of at least 4 members (excludes halogenated alkanes) is 32. The van der Waals surface area contributed by atoms with Crippen molar-refractivity contribution in [3.8, 4) is 0 Å². The summed E-state index contributed by atoms with van der Waals surface area (Å²) in [6.07, 6.45) is 58.5. The summed E-state index contributed by atoms with van der Waals surface area (Å²) in [6, 6.07) is -0.648. The highest BCUT2D eigenvalue weighted by Crippen LogP contribution is 2.15. The summed E-state index contributed by atoms with van der Waals surface area (Å²) in [5, 5.41) is 23.0. The van der Waals surface area contributed by atoms with Crippen LogP contribution in [0.2, 0.25) is 0 Å². The van der Waals surface area contributed by atoms with E-state index in [1.807, 2.05) is 6.08 Å². The highest BCUT2D eigenvalue weighted by atomic mass is 16.5. The number of hydrogen-bond acceptors (Lipinski definition) is 5. The molecule has 0 aliphatic heterocycles. The van der Waals surface area contributed by atoms with Gasteiger partial charge >= 0.3 is 5.97 Å². The zero-order chi connectivity index (χ0) is 43.0. The van der Waals surface area contributed by atoms with E-state index in [0.29, 0.717) is 19.4 Å². The van der Waals surface area contributed by atoms with Crippen molar-refractivity contribution < 1.29 is 24.5 Å². The number of carbonyl (C=O) groups excluding carboxylic acids is 2. The van der Waals surface area contributed by atoms with Crippen LogP contribution in [0.25, 0.3) is 0 Å². The SMILES string of the molecule is CCCCCCC/C=C\CCCCCCCC(=O)OCCCCCCCC/C=C\CCCCCC(=O)NC(CO)C(O)/C=C/CCCCCCCCCCCCCCC. The fourth-order valence-electron chi connectivity index (χ4n) is 7.62. The minimum Gasteiger partial charge on any atom is -0.466 e. The van der Waals surface area contributed by atoms with Gasteiger partial charge in [0.1, 0.15) is 0 Å². The van der Waals surface area contributed by atoms with Gasteiger partial charge in [-0.25, -0.2) is 0 Å². The van der Waals surface area contributed by atoms with E-state index < -0.39 is 12.1 Å². The summed E-state index contributed by atoms with van der Waals surface area (Å²) < 4.78 is 5.45. The van der Waals surface area contributed by atoms with Gasteiger partial charge in [0.2, 0.25) is 5.91 Å². The zero-order valence-corrected chi connectivity index (χ0v) is 39.2. The first-order valence-electron chi connectivity index (χ1n) is 25.8. The Balaban J connectivity index is 3.55. The average Bonchev–Trinajstić information content (AvgIpc) is 3.24. The van der Waals surface area contributed by atoms with Crippen LogP contribution in [0.1, 0.15) is 264 Å². The number of aliphatic hydroxyl groups excluding tert-OH is 2. The van der Waals surface area contributed by atoms with E-state index in [0.717, 1.165) is 70.6 Å². The largest absolute Gasteiger partial charge is 0.466 e. The molecule has 1 amide bonds. The first-order chi connectivity index (χ1) is 29.0. The second-order valence-electron chi connectivity index (χ2n) is 17.5. The fourth-order valence-corrected chi connectivity index (χ4v) is 7.62. The van der Waals surface area contributed by atoms with E-state index in [1.165, 1.54) is 167 Å². The second kappa shape index (κ2) is 48.7. The van der Waals surface area contributed by atoms with Gasteiger partial charge in [0.15, 0.2) is 0 Å². The minimum atomic E-state index is -0.861. The molecule has 346 valence electrons. The number of rotatable bonds is 47. The topological polar surface area (TPSA) is 95.9 Å². The maximum atomic E-state index is 12.4. The molecule has 0 radical (unpaired) electrons. The Labute approximate surface area is 366 Å². The predicted octanol–water partition coefficient (Wildman–Crippen LogP) is 15.3. The van der Waals surface area contributed by atoms with Crippen molar-refractivity contribution in [1.29, 1.82) is 0 Å². The van der Waals surface area contributed by atoms with Crippen molar-refractivity contribution >= 4 is 11.9 Å². The molecule has 0 aromatic rings. The van der Waals surface area contributed by atoms with Crippen LogP contribution < -0.4 is 5.32 Å². The van der Waals surface area contributed by atoms with E-state index in [-0.39, 0.29) is 18.5 Å². The molecule has 6 heteroatoms. The Kier molecular flexibility index (Phi) is 47.2. The number of allylic oxidation sites excluding steroid dienone is 5. The first kappa shape index (κ1) is 57.1. The minimum absolute atomic E-state index is 0.0232. The molecule has 0 spiro atoms. The lowest BCUT2D eigenvalue weighted by Gasteiger charge is -2.19. The Morgan fingerprint density at radius 1 is 0.458 bits per heavy atom. The summed E-state index contributed by atoms with van der Waals surface area (Å²) in [4.78, 5) is 24.4. The number of hydrogen-bond donors (Lipinski definition) is 3. The quantitative estimate of drug-likeness (QED) is 0.0323. The molecule has 0 aliphatic carbocycles. The third-order valence-corrected chi connectivity index (χ3v) is 11.6. The van der Waals surface area contributed by atoms with Gasteiger partial charge in [-0.3, -0.25) is 9.59 Å². The first-order valence-corrected chi connectivity index (χ1v) is 25.8. The molecule has 0 aromatic heterocycles. The molecular weight excluding hydrogens is 731 g/mol. The number of amides is 1. The maximum Gasteiger partial charge on any atom is 0.305 e. The van der Waals surface area contributed by atoms with Gasteiger partial charge in [0, 0.05) is 12.8 Å². The van der Waals surface area contributed by atoms with Crippen LogP contribution in [0.5, 0.6) is 0 Å². The molecule has 0 rings (SSSR count). The number of carbonyl (C=O) groups is 2. The third kappa shape index (κ3) is 45.4. The molecular formula is C53H99NO5. The normalized spacial score (nSPS) is 12.9. The van der Waals surface area contributed by atoms with Gasteiger partial charge in [-0.2, -0.15) is 0 Å². The van der Waals surface area contributed by atoms with Crippen LogP contribution in [0.3, 0.4) is 0 Å². The van der Waals surface area contributed by atoms with Gasteiger partial charge in [-0.15, -0.1) is 0 Å². The third-order valence-electron chi connectivity index (χ3n) is 11.6. The molecule has 0 bridgehead atoms. The average molecular weight is 830 g/mol. The molecule has 3 N–H and O–H groups in total. The summed E-state index contributed by atoms with van der Waals surface area (Å²) >= 11 is 0. The van der Waals surface area contributed by atoms with Crippen molar-refractivity contribution in [2.75, 3.05) is 13.2 Å². The monoisotopic (exact) mass is 830 g/mol. The Morgan fingerprint density at radius 3 is 1.22 bits per heavy atom. The molecule has 0 aliphatic rings. The highest BCUT2D eigenvalue weighted by molar-refractivity contribution is 5.76. The van der Waals surface area contributed by atoms with Crippen LogP contribution >= 0.6 is 0 Å². The van der Waals surface area contributed by atoms with Crippen LogP contribution in [-0.2, 0) is 14.3 Å². The van der Waals surface area contributed by atoms with E-state index in [2.05, 4.69) is 43.5 Å². The lowest BCUT2D eigenvalue weighted by Crippen LogP contribution is -2.45. The second-order valence-corrected chi connectivity index (χ2v) is 17.5. The van der Waals surface area contributed by atoms with Crippen molar-refractivity contribution in [3.05, 3.63) is 36.5 Å². The zero-order valence-electron chi connectivity index (χ0n) is 39.2. The fraction of sp³-hybridized carbons (Fsp3) is 0.849. The Hall–Kier alpha value is -1.92. The smallest absolute Gasteiger partial charge is 0.305 e. The van der Waals surface area contributed by atoms with Gasteiger partial charge < -0.3 is 20.3 Å². The number of ether oxygens (including phenoxy) is 1. The summed E-state index contributed by atoms with van der Waals surface area (Å²) in [5.41, 5.74) is 0. The molecule has 6 nitrogen and oxygen atoms in total. The van der Waals surface area contributed by atoms with Crippen molar-refractivity contribution in [1.82, 2.24) is 5.32 Å². The Bertz CT molecular complexity index is 962. The van der Waals surface area contributed by atoms with E-state index >= 15 is 0 Å². The molecule has 2 atom stereocenters. The van der Waals surface area contributed by atoms with Gasteiger partial charge in [-0.1, -0.05) is 204 Å². The number of nitrogens with one attached hydrogen (secondary N) is 1. The van der Waals surface area contributed by atoms with Gasteiger partial charge in [0.05, 0.1) is 25.4 Å². The maximum absolute atomic E-state index is 12.4. The number of aliphatic hydroxyl groups is 2. The van der Waals surface area contributed by atoms with Gasteiger partial charge in [-0.05, 0) is 83.5 Å². The summed E-state index contributed by atoms with van der Waals surface area (Å²) in [7, 11) is 0. The molecule has 59 heavy (non-hydrogen) atoms. The molecule has 0 saturated carbocycles. The van der Waals surface area contributed by atoms with Crippen LogP contribution in [0, 0.1) is 0 Å². The number of esters is 1. The van der Waals surface area contributed by atoms with Crippen molar-refractivity contribution in [3.63, 3.8) is 0 Å². The van der Waals surface area contributed by atoms with Crippen LogP contribution in [0.15, 0.2) is 36.5 Å². The summed E-state index contributed by atoms with van der Waals surface area (Å²) in [6.45, 7) is 4.84.